The van der Waals surface area contributed by atoms with Crippen LogP contribution in [-0.2, 0) is 9.47 Å². The van der Waals surface area contributed by atoms with Crippen LogP contribution in [0.1, 0.15) is 48.5 Å². The molecule has 8 rings (SSSR count). The summed E-state index contributed by atoms with van der Waals surface area (Å²) in [5.74, 6) is 0. The number of rotatable bonds is 1. The van der Waals surface area contributed by atoms with Crippen LogP contribution in [0.2, 0.25) is 0 Å². The zero-order valence-electron chi connectivity index (χ0n) is 38.3. The van der Waals surface area contributed by atoms with Crippen molar-refractivity contribution in [2.45, 2.75) is 78.2 Å². The molecule has 16 nitrogen and oxygen atoms in total. The lowest BCUT2D eigenvalue weighted by molar-refractivity contribution is 0.0410. The van der Waals surface area contributed by atoms with Crippen LogP contribution < -0.4 is 63.8 Å². The highest BCUT2D eigenvalue weighted by Crippen LogP contribution is 2.00. The lowest BCUT2D eigenvalue weighted by atomic mass is 10.0. The minimum absolute atomic E-state index is 0.318. The Kier molecular flexibility index (Phi) is 36.5. The predicted octanol–water partition coefficient (Wildman–Crippen LogP) is -2.31. The van der Waals surface area contributed by atoms with Crippen molar-refractivity contribution in [1.82, 2.24) is 73.6 Å². The molecule has 0 saturated carbocycles. The molecule has 8 saturated heterocycles. The van der Waals surface area contributed by atoms with Gasteiger partial charge in [-0.15, -0.1) is 0 Å². The van der Waals surface area contributed by atoms with Crippen LogP contribution in [0.4, 0.5) is 0 Å². The van der Waals surface area contributed by atoms with Gasteiger partial charge in [-0.25, -0.2) is 0 Å². The Morgan fingerprint density at radius 2 is 1.00 bits per heavy atom. The highest BCUT2D eigenvalue weighted by molar-refractivity contribution is 4.84. The Balaban J connectivity index is 0.000000326. The van der Waals surface area contributed by atoms with Crippen molar-refractivity contribution in [3.05, 3.63) is 0 Å². The van der Waals surface area contributed by atoms with Gasteiger partial charge in [-0.05, 0) is 55.1 Å². The van der Waals surface area contributed by atoms with E-state index in [1.807, 2.05) is 0 Å². The van der Waals surface area contributed by atoms with Gasteiger partial charge in [0, 0.05) is 181 Å². The normalized spacial score (nSPS) is 29.1. The lowest BCUT2D eigenvalue weighted by Gasteiger charge is -2.31. The summed E-state index contributed by atoms with van der Waals surface area (Å²) in [6.45, 7) is 46.3. The Labute approximate surface area is 351 Å². The van der Waals surface area contributed by atoms with E-state index in [1.54, 1.807) is 0 Å². The van der Waals surface area contributed by atoms with E-state index >= 15 is 0 Å². The zero-order chi connectivity index (χ0) is 41.7. The molecule has 0 aliphatic carbocycles. The Hall–Kier alpha value is -0.640. The van der Waals surface area contributed by atoms with Crippen molar-refractivity contribution in [2.75, 3.05) is 190 Å². The molecule has 16 heteroatoms. The number of ether oxygens (including phenoxy) is 2. The number of nitrogens with zero attached hydrogens (tertiary/aromatic N) is 2. The summed E-state index contributed by atoms with van der Waals surface area (Å²) in [7, 11) is 2.15. The summed E-state index contributed by atoms with van der Waals surface area (Å²) in [6.07, 6.45) is 0.425. The Bertz CT molecular complexity index is 730. The van der Waals surface area contributed by atoms with E-state index < -0.39 is 0 Å². The van der Waals surface area contributed by atoms with Crippen LogP contribution in [0.15, 0.2) is 0 Å². The third-order valence-electron chi connectivity index (χ3n) is 10.1. The van der Waals surface area contributed by atoms with Crippen molar-refractivity contribution in [3.8, 4) is 0 Å². The topological polar surface area (TPSA) is 169 Å². The number of likely N-dealkylation sites (N-methyl/N-ethyl adjacent to an activating group) is 2. The van der Waals surface area contributed by atoms with Gasteiger partial charge in [0.1, 0.15) is 0 Å². The fraction of sp³-hybridized carbons (Fsp3) is 1.00. The number of hydrogen-bond donors (Lipinski definition) is 12. The molecule has 8 aliphatic rings. The minimum Gasteiger partial charge on any atom is -0.379 e. The second-order valence-corrected chi connectivity index (χ2v) is 16.7. The first-order chi connectivity index (χ1) is 27.6. The third-order valence-corrected chi connectivity index (χ3v) is 10.1. The van der Waals surface area contributed by atoms with Gasteiger partial charge >= 0.3 is 0 Å². The lowest BCUT2D eigenvalue weighted by Crippen LogP contribution is -2.55. The average Bonchev–Trinajstić information content (AvgIpc) is 3.25. The summed E-state index contributed by atoms with van der Waals surface area (Å²) in [5.41, 5.74) is 0.318. The third kappa shape index (κ3) is 36.9. The summed E-state index contributed by atoms with van der Waals surface area (Å²) >= 11 is 0. The molecular weight excluding hydrogens is 721 g/mol. The quantitative estimate of drug-likeness (QED) is 0.136. The van der Waals surface area contributed by atoms with Gasteiger partial charge in [0.25, 0.3) is 0 Å². The molecule has 0 radical (unpaired) electrons. The molecule has 0 aromatic carbocycles. The van der Waals surface area contributed by atoms with E-state index in [4.69, 9.17) is 9.47 Å². The second-order valence-electron chi connectivity index (χ2n) is 16.7. The van der Waals surface area contributed by atoms with Gasteiger partial charge in [-0.1, -0.05) is 6.92 Å². The molecular formula is C41H96N14O2. The molecule has 12 N–H and O–H groups in total. The molecule has 0 aromatic rings. The molecule has 8 heterocycles. The SMILES string of the molecule is C1CNCCN1.C1COCCN1.CC1(C)CNCCN1.CC1CNCCO1.CCN1CCNCC1.CN1CCNCC1.C[C@@H]1CNC[C@H](C)N1.C[C@H]1CNCCN1. The average molecular weight is 817 g/mol. The van der Waals surface area contributed by atoms with Crippen molar-refractivity contribution in [1.29, 1.82) is 0 Å². The van der Waals surface area contributed by atoms with Gasteiger partial charge in [0.2, 0.25) is 0 Å². The number of nitrogens with one attached hydrogen (secondary N) is 12. The number of hydrogen-bond acceptors (Lipinski definition) is 16. The Morgan fingerprint density at radius 1 is 0.509 bits per heavy atom. The maximum atomic E-state index is 5.22. The number of morpholine rings is 2. The second kappa shape index (κ2) is 38.3. The van der Waals surface area contributed by atoms with Crippen LogP contribution in [0, 0.1) is 0 Å². The van der Waals surface area contributed by atoms with E-state index in [1.165, 1.54) is 45.8 Å². The molecule has 57 heavy (non-hydrogen) atoms. The van der Waals surface area contributed by atoms with Crippen molar-refractivity contribution in [2.24, 2.45) is 0 Å². The summed E-state index contributed by atoms with van der Waals surface area (Å²) in [4.78, 5) is 4.78. The van der Waals surface area contributed by atoms with Crippen molar-refractivity contribution in [3.63, 3.8) is 0 Å². The fourth-order valence-electron chi connectivity index (χ4n) is 6.49. The van der Waals surface area contributed by atoms with Crippen LogP contribution in [0.3, 0.4) is 0 Å². The van der Waals surface area contributed by atoms with Crippen LogP contribution in [0.5, 0.6) is 0 Å². The first-order valence-corrected chi connectivity index (χ1v) is 22.8. The molecule has 0 bridgehead atoms. The van der Waals surface area contributed by atoms with Gasteiger partial charge in [-0.2, -0.15) is 0 Å². The van der Waals surface area contributed by atoms with Crippen molar-refractivity contribution >= 4 is 0 Å². The molecule has 0 aromatic heterocycles. The van der Waals surface area contributed by atoms with Crippen molar-refractivity contribution < 1.29 is 9.47 Å². The monoisotopic (exact) mass is 817 g/mol. The van der Waals surface area contributed by atoms with Crippen LogP contribution in [0.25, 0.3) is 0 Å². The maximum absolute atomic E-state index is 5.22. The molecule has 1 unspecified atom stereocenters. The summed E-state index contributed by atoms with van der Waals surface area (Å²) in [6, 6.07) is 1.98. The van der Waals surface area contributed by atoms with Gasteiger partial charge in [-0.3, -0.25) is 0 Å². The predicted molar refractivity (Wildman–Crippen MR) is 243 cm³/mol. The van der Waals surface area contributed by atoms with Crippen LogP contribution in [-0.4, -0.2) is 230 Å². The molecule has 0 spiro atoms. The maximum Gasteiger partial charge on any atom is 0.0672 e. The largest absolute Gasteiger partial charge is 0.379 e. The first-order valence-electron chi connectivity index (χ1n) is 22.8. The van der Waals surface area contributed by atoms with Gasteiger partial charge in [0.15, 0.2) is 0 Å². The highest BCUT2D eigenvalue weighted by atomic mass is 16.5. The van der Waals surface area contributed by atoms with E-state index in [-0.39, 0.29) is 0 Å². The zero-order valence-corrected chi connectivity index (χ0v) is 38.3. The van der Waals surface area contributed by atoms with E-state index in [0.717, 1.165) is 138 Å². The van der Waals surface area contributed by atoms with Gasteiger partial charge in [0.05, 0.1) is 25.9 Å². The Morgan fingerprint density at radius 3 is 1.25 bits per heavy atom. The van der Waals surface area contributed by atoms with Gasteiger partial charge < -0.3 is 83.1 Å². The summed E-state index contributed by atoms with van der Waals surface area (Å²) < 4.78 is 10.2. The number of piperazine rings is 6. The van der Waals surface area contributed by atoms with E-state index in [0.29, 0.717) is 29.8 Å². The van der Waals surface area contributed by atoms with E-state index in [2.05, 4.69) is 129 Å². The van der Waals surface area contributed by atoms with Crippen LogP contribution >= 0.6 is 0 Å². The van der Waals surface area contributed by atoms with E-state index in [9.17, 15) is 0 Å². The molecule has 4 atom stereocenters. The minimum atomic E-state index is 0.318. The smallest absolute Gasteiger partial charge is 0.0672 e. The highest BCUT2D eigenvalue weighted by Gasteiger charge is 2.18. The molecule has 8 fully saturated rings. The summed E-state index contributed by atoms with van der Waals surface area (Å²) in [5, 5.41) is 39.4. The molecule has 342 valence electrons. The molecule has 8 aliphatic heterocycles. The fourth-order valence-corrected chi connectivity index (χ4v) is 6.49. The first kappa shape index (κ1) is 54.4. The standard InChI is InChI=1S/3C6H14N2.2C5H12N2.C5H11NO.C4H10N2.C4H9NO/c1-5-3-7-4-6(2)8-5;1-6(2)5-7-3-4-8-6;1-2-8-5-3-7-4-6-8;1-7-4-2-6-3-5-7;2*1-5-4-6-2-3-7-5;1-2-6-4-3-5-1;1-3-6-4-2-5-1/h5-8H,3-4H2,1-2H3;7-8H,3-5H2,1-2H3;7H,2-6H2,1H3;6H,2-5H2,1H3;5-7H,2-4H2,1H3;5-6H,2-4H2,1H3;5-6H,1-4H2;5H,1-4H2/t5-,6+;;;;5-;;;/m....0.../s1. The molecule has 0 amide bonds.